The van der Waals surface area contributed by atoms with E-state index in [-0.39, 0.29) is 36.9 Å². The smallest absolute Gasteiger partial charge is 0.271 e. The summed E-state index contributed by atoms with van der Waals surface area (Å²) in [7, 11) is -7.89. The first-order valence-electron chi connectivity index (χ1n) is 8.51. The average molecular weight is 518 g/mol. The lowest BCUT2D eigenvalue weighted by Crippen LogP contribution is -2.23. The highest BCUT2D eigenvalue weighted by atomic mass is 35.5. The number of nitrogens with one attached hydrogen (secondary N) is 1. The zero-order valence-corrected chi connectivity index (χ0v) is 19.3. The summed E-state index contributed by atoms with van der Waals surface area (Å²) in [5.41, 5.74) is 1.00. The summed E-state index contributed by atoms with van der Waals surface area (Å²) in [5.74, 6) is -0.406. The molecule has 0 spiro atoms. The first-order chi connectivity index (χ1) is 14.5. The summed E-state index contributed by atoms with van der Waals surface area (Å²) in [4.78, 5) is 14.0. The molecular formula is C18H13Cl2N3O5S3. The van der Waals surface area contributed by atoms with Crippen LogP contribution in [0.3, 0.4) is 0 Å². The maximum absolute atomic E-state index is 12.8. The summed E-state index contributed by atoms with van der Waals surface area (Å²) in [5, 5.41) is 6.99. The van der Waals surface area contributed by atoms with E-state index < -0.39 is 26.0 Å². The van der Waals surface area contributed by atoms with Crippen molar-refractivity contribution in [3.8, 4) is 0 Å². The molecule has 2 heterocycles. The third kappa shape index (κ3) is 4.16. The van der Waals surface area contributed by atoms with Crippen LogP contribution in [0, 0.1) is 0 Å². The third-order valence-electron chi connectivity index (χ3n) is 4.50. The number of sulfonamides is 2. The van der Waals surface area contributed by atoms with Crippen LogP contribution in [-0.4, -0.2) is 22.7 Å². The molecule has 4 rings (SSSR count). The first kappa shape index (κ1) is 22.1. The number of thiophene rings is 1. The number of halogens is 2. The highest BCUT2D eigenvalue weighted by Crippen LogP contribution is 2.43. The molecule has 1 amide bonds. The number of anilines is 3. The van der Waals surface area contributed by atoms with Crippen LogP contribution in [0.5, 0.6) is 0 Å². The Morgan fingerprint density at radius 3 is 2.35 bits per heavy atom. The molecule has 2 aromatic carbocycles. The molecule has 162 valence electrons. The van der Waals surface area contributed by atoms with Gasteiger partial charge in [0.25, 0.3) is 10.0 Å². The molecule has 1 aliphatic rings. The molecule has 13 heteroatoms. The lowest BCUT2D eigenvalue weighted by Gasteiger charge is -2.22. The van der Waals surface area contributed by atoms with Crippen molar-refractivity contribution in [2.75, 3.05) is 9.62 Å². The van der Waals surface area contributed by atoms with Gasteiger partial charge in [0, 0.05) is 0 Å². The van der Waals surface area contributed by atoms with Crippen LogP contribution >= 0.6 is 34.5 Å². The SMILES string of the molecule is NS(=O)(=O)c1ccc2c(c1)CC(=O)N2c1cc(Cl)c(Cl)cc1NS(=O)(=O)c1cccs1. The predicted molar refractivity (Wildman–Crippen MR) is 120 cm³/mol. The van der Waals surface area contributed by atoms with Gasteiger partial charge in [0.15, 0.2) is 0 Å². The number of nitrogens with zero attached hydrogens (tertiary/aromatic N) is 1. The lowest BCUT2D eigenvalue weighted by atomic mass is 10.1. The number of rotatable bonds is 5. The van der Waals surface area contributed by atoms with Crippen molar-refractivity contribution in [1.29, 1.82) is 0 Å². The molecule has 3 aromatic rings. The summed E-state index contributed by atoms with van der Waals surface area (Å²) in [6.07, 6.45) is -0.101. The molecule has 31 heavy (non-hydrogen) atoms. The first-order valence-corrected chi connectivity index (χ1v) is 13.2. The van der Waals surface area contributed by atoms with Gasteiger partial charge in [-0.1, -0.05) is 29.3 Å². The zero-order valence-electron chi connectivity index (χ0n) is 15.4. The van der Waals surface area contributed by atoms with Gasteiger partial charge in [0.2, 0.25) is 15.9 Å². The lowest BCUT2D eigenvalue weighted by molar-refractivity contribution is -0.116. The Hall–Kier alpha value is -2.15. The molecule has 0 saturated carbocycles. The van der Waals surface area contributed by atoms with Crippen molar-refractivity contribution >= 4 is 77.6 Å². The Morgan fingerprint density at radius 1 is 1.00 bits per heavy atom. The number of fused-ring (bicyclic) bond motifs is 1. The number of carbonyl (C=O) groups excluding carboxylic acids is 1. The molecule has 0 atom stereocenters. The fraction of sp³-hybridized carbons (Fsp3) is 0.0556. The summed E-state index contributed by atoms with van der Waals surface area (Å²) in [6, 6.07) is 9.74. The van der Waals surface area contributed by atoms with Crippen LogP contribution in [0.2, 0.25) is 10.0 Å². The number of hydrogen-bond acceptors (Lipinski definition) is 6. The van der Waals surface area contributed by atoms with Gasteiger partial charge in [-0.15, -0.1) is 11.3 Å². The maximum atomic E-state index is 12.8. The minimum atomic E-state index is -3.95. The molecule has 0 fully saturated rings. The molecule has 0 unspecified atom stereocenters. The molecule has 8 nitrogen and oxygen atoms in total. The highest BCUT2D eigenvalue weighted by Gasteiger charge is 2.32. The van der Waals surface area contributed by atoms with E-state index in [2.05, 4.69) is 4.72 Å². The van der Waals surface area contributed by atoms with Crippen LogP contribution < -0.4 is 14.8 Å². The van der Waals surface area contributed by atoms with E-state index >= 15 is 0 Å². The van der Waals surface area contributed by atoms with Crippen molar-refractivity contribution in [3.05, 3.63) is 63.5 Å². The largest absolute Gasteiger partial charge is 0.278 e. The van der Waals surface area contributed by atoms with Gasteiger partial charge in [-0.25, -0.2) is 22.0 Å². The average Bonchev–Trinajstić information content (AvgIpc) is 3.31. The molecule has 0 bridgehead atoms. The van der Waals surface area contributed by atoms with Crippen molar-refractivity contribution in [2.24, 2.45) is 5.14 Å². The van der Waals surface area contributed by atoms with Gasteiger partial charge in [-0.2, -0.15) is 0 Å². The zero-order chi connectivity index (χ0) is 22.6. The van der Waals surface area contributed by atoms with E-state index in [9.17, 15) is 21.6 Å². The Morgan fingerprint density at radius 2 is 1.71 bits per heavy atom. The minimum absolute atomic E-state index is 0.0412. The fourth-order valence-corrected chi connectivity index (χ4v) is 6.10. The summed E-state index contributed by atoms with van der Waals surface area (Å²) >= 11 is 13.3. The Kier molecular flexibility index (Phi) is 5.53. The van der Waals surface area contributed by atoms with Crippen molar-refractivity contribution in [1.82, 2.24) is 0 Å². The van der Waals surface area contributed by atoms with Crippen molar-refractivity contribution < 1.29 is 21.6 Å². The molecule has 1 aromatic heterocycles. The van der Waals surface area contributed by atoms with E-state index in [1.807, 2.05) is 0 Å². The van der Waals surface area contributed by atoms with Gasteiger partial charge in [-0.05, 0) is 47.3 Å². The molecule has 1 aliphatic heterocycles. The Balaban J connectivity index is 1.84. The predicted octanol–water partition coefficient (Wildman–Crippen LogP) is 3.72. The molecule has 3 N–H and O–H groups in total. The minimum Gasteiger partial charge on any atom is -0.278 e. The number of carbonyl (C=O) groups is 1. The second kappa shape index (κ2) is 7.76. The number of primary sulfonamides is 1. The highest BCUT2D eigenvalue weighted by molar-refractivity contribution is 7.94. The number of hydrogen-bond donors (Lipinski definition) is 2. The second-order valence-corrected chi connectivity index (χ2v) is 11.8. The van der Waals surface area contributed by atoms with Crippen LogP contribution in [0.1, 0.15) is 5.56 Å². The van der Waals surface area contributed by atoms with E-state index in [0.717, 1.165) is 11.3 Å². The van der Waals surface area contributed by atoms with Crippen molar-refractivity contribution in [2.45, 2.75) is 15.5 Å². The van der Waals surface area contributed by atoms with Crippen LogP contribution in [-0.2, 0) is 31.3 Å². The quantitative estimate of drug-likeness (QED) is 0.532. The van der Waals surface area contributed by atoms with Gasteiger partial charge in [-0.3, -0.25) is 14.4 Å². The van der Waals surface area contributed by atoms with Crippen molar-refractivity contribution in [3.63, 3.8) is 0 Å². The van der Waals surface area contributed by atoms with E-state index in [0.29, 0.717) is 11.3 Å². The van der Waals surface area contributed by atoms with Gasteiger partial charge >= 0.3 is 0 Å². The number of nitrogens with two attached hydrogens (primary N) is 1. The molecule has 0 aliphatic carbocycles. The summed E-state index contributed by atoms with van der Waals surface area (Å²) < 4.78 is 51.3. The fourth-order valence-electron chi connectivity index (χ4n) is 3.15. The van der Waals surface area contributed by atoms with Gasteiger partial charge < -0.3 is 0 Å². The molecule has 0 radical (unpaired) electrons. The standard InChI is InChI=1S/C18H13Cl2N3O5S3/c19-12-8-14(22-31(27,28)18-2-1-5-29-18)16(9-13(12)20)23-15-4-3-11(30(21,25)26)6-10(15)7-17(23)24/h1-6,8-9,22H,7H2,(H2,21,25,26). The van der Waals surface area contributed by atoms with E-state index in [1.165, 1.54) is 41.3 Å². The third-order valence-corrected chi connectivity index (χ3v) is 8.89. The van der Waals surface area contributed by atoms with Gasteiger partial charge in [0.05, 0.1) is 38.4 Å². The molecule has 0 saturated heterocycles. The number of benzene rings is 2. The monoisotopic (exact) mass is 517 g/mol. The Labute approximate surface area is 192 Å². The van der Waals surface area contributed by atoms with Crippen LogP contribution in [0.25, 0.3) is 0 Å². The second-order valence-electron chi connectivity index (χ2n) is 6.56. The maximum Gasteiger partial charge on any atom is 0.271 e. The molecular weight excluding hydrogens is 505 g/mol. The van der Waals surface area contributed by atoms with Gasteiger partial charge in [0.1, 0.15) is 4.21 Å². The number of amides is 1. The van der Waals surface area contributed by atoms with E-state index in [1.54, 1.807) is 11.4 Å². The summed E-state index contributed by atoms with van der Waals surface area (Å²) in [6.45, 7) is 0. The topological polar surface area (TPSA) is 127 Å². The van der Waals surface area contributed by atoms with E-state index in [4.69, 9.17) is 28.3 Å². The Bertz CT molecular complexity index is 1420. The van der Waals surface area contributed by atoms with Crippen LogP contribution in [0.4, 0.5) is 17.1 Å². The normalized spacial score (nSPS) is 14.0. The van der Waals surface area contributed by atoms with Crippen LogP contribution in [0.15, 0.2) is 56.9 Å².